The van der Waals surface area contributed by atoms with E-state index in [1.165, 1.54) is 10.4 Å². The second kappa shape index (κ2) is 5.59. The van der Waals surface area contributed by atoms with Crippen LogP contribution in [0.15, 0.2) is 36.5 Å². The van der Waals surface area contributed by atoms with E-state index in [1.54, 1.807) is 16.2 Å². The third kappa shape index (κ3) is 2.32. The Morgan fingerprint density at radius 1 is 1.27 bits per heavy atom. The predicted octanol–water partition coefficient (Wildman–Crippen LogP) is 2.18. The average Bonchev–Trinajstić information content (AvgIpc) is 3.22. The van der Waals surface area contributed by atoms with Gasteiger partial charge in [-0.1, -0.05) is 41.7 Å². The number of hydrogen-bond acceptors (Lipinski definition) is 6. The van der Waals surface area contributed by atoms with Crippen LogP contribution < -0.4 is 4.90 Å². The van der Waals surface area contributed by atoms with Crippen LogP contribution in [0.5, 0.6) is 0 Å². The fraction of sp³-hybridized carbons (Fsp3) is 0.375. The van der Waals surface area contributed by atoms with E-state index < -0.39 is 0 Å². The largest absolute Gasteiger partial charge is 0.372 e. The molecule has 2 aromatic rings. The van der Waals surface area contributed by atoms with Crippen molar-refractivity contribution in [2.45, 2.75) is 12.1 Å². The highest BCUT2D eigenvalue weighted by molar-refractivity contribution is 7.18. The quantitative estimate of drug-likeness (QED) is 0.796. The summed E-state index contributed by atoms with van der Waals surface area (Å²) in [6, 6.07) is 10.5. The Morgan fingerprint density at radius 3 is 2.95 bits per heavy atom. The number of hydrogen-bond donors (Lipinski definition) is 0. The van der Waals surface area contributed by atoms with Crippen LogP contribution in [0.3, 0.4) is 0 Å². The lowest BCUT2D eigenvalue weighted by Crippen LogP contribution is -2.50. The zero-order valence-electron chi connectivity index (χ0n) is 12.1. The van der Waals surface area contributed by atoms with Gasteiger partial charge in [0.15, 0.2) is 11.3 Å². The highest BCUT2D eigenvalue weighted by Gasteiger charge is 2.41. The molecule has 5 nitrogen and oxygen atoms in total. The van der Waals surface area contributed by atoms with Crippen LogP contribution in [0.2, 0.25) is 0 Å². The molecular weight excluding hydrogens is 296 g/mol. The topological polar surface area (TPSA) is 52.4 Å². The summed E-state index contributed by atoms with van der Waals surface area (Å²) in [5.74, 6) is 0. The molecule has 1 aromatic heterocycles. The number of nitrogens with zero attached hydrogens (tertiary/aromatic N) is 4. The summed E-state index contributed by atoms with van der Waals surface area (Å²) in [7, 11) is 0. The van der Waals surface area contributed by atoms with E-state index in [0.29, 0.717) is 13.2 Å². The van der Waals surface area contributed by atoms with E-state index in [0.717, 1.165) is 18.2 Å². The third-order valence-corrected chi connectivity index (χ3v) is 5.32. The van der Waals surface area contributed by atoms with E-state index >= 15 is 0 Å². The minimum absolute atomic E-state index is 0.109. The Balaban J connectivity index is 1.60. The van der Waals surface area contributed by atoms with Gasteiger partial charge in [-0.25, -0.2) is 4.98 Å². The number of fused-ring (bicyclic) bond motifs is 1. The van der Waals surface area contributed by atoms with Crippen LogP contribution in [0, 0.1) is 11.5 Å². The van der Waals surface area contributed by atoms with Crippen LogP contribution in [-0.4, -0.2) is 48.3 Å². The number of aromatic nitrogens is 1. The summed E-state index contributed by atoms with van der Waals surface area (Å²) in [5.41, 5.74) is 1.20. The van der Waals surface area contributed by atoms with Crippen molar-refractivity contribution in [3.05, 3.63) is 36.5 Å². The summed E-state index contributed by atoms with van der Waals surface area (Å²) >= 11 is 1.71. The van der Waals surface area contributed by atoms with Crippen molar-refractivity contribution >= 4 is 16.5 Å². The van der Waals surface area contributed by atoms with Gasteiger partial charge in [-0.15, -0.1) is 0 Å². The Bertz CT molecular complexity index is 696. The molecule has 0 spiro atoms. The first-order valence-corrected chi connectivity index (χ1v) is 8.21. The lowest BCUT2D eigenvalue weighted by molar-refractivity contribution is 0.0326. The first kappa shape index (κ1) is 13.6. The number of morpholine rings is 1. The van der Waals surface area contributed by atoms with Gasteiger partial charge in [0, 0.05) is 12.7 Å². The first-order valence-electron chi connectivity index (χ1n) is 7.39. The minimum Gasteiger partial charge on any atom is -0.372 e. The Kier molecular flexibility index (Phi) is 3.45. The molecule has 22 heavy (non-hydrogen) atoms. The number of benzene rings is 1. The molecule has 0 radical (unpaired) electrons. The molecule has 0 N–H and O–H groups in total. The van der Waals surface area contributed by atoms with Crippen LogP contribution in [0.4, 0.5) is 5.13 Å². The number of rotatable bonds is 2. The van der Waals surface area contributed by atoms with E-state index in [2.05, 4.69) is 28.2 Å². The van der Waals surface area contributed by atoms with Crippen molar-refractivity contribution in [2.24, 2.45) is 0 Å². The highest BCUT2D eigenvalue weighted by atomic mass is 32.1. The first-order chi connectivity index (χ1) is 10.8. The fourth-order valence-electron chi connectivity index (χ4n) is 3.14. The molecule has 112 valence electrons. The van der Waals surface area contributed by atoms with Gasteiger partial charge in [-0.3, -0.25) is 0 Å². The zero-order valence-corrected chi connectivity index (χ0v) is 12.9. The molecule has 0 saturated carbocycles. The van der Waals surface area contributed by atoms with Crippen molar-refractivity contribution in [1.82, 2.24) is 9.88 Å². The van der Waals surface area contributed by atoms with Gasteiger partial charge in [-0.2, -0.15) is 5.26 Å². The van der Waals surface area contributed by atoms with Gasteiger partial charge in [0.05, 0.1) is 36.7 Å². The van der Waals surface area contributed by atoms with E-state index in [-0.39, 0.29) is 12.1 Å². The molecule has 0 bridgehead atoms. The monoisotopic (exact) mass is 312 g/mol. The maximum absolute atomic E-state index is 9.11. The van der Waals surface area contributed by atoms with Gasteiger partial charge in [0.2, 0.25) is 0 Å². The number of ether oxygens (including phenoxy) is 1. The summed E-state index contributed by atoms with van der Waals surface area (Å²) < 4.78 is 5.82. The predicted molar refractivity (Wildman–Crippen MR) is 85.6 cm³/mol. The summed E-state index contributed by atoms with van der Waals surface area (Å²) in [6.45, 7) is 2.94. The van der Waals surface area contributed by atoms with Crippen molar-refractivity contribution < 1.29 is 4.74 Å². The number of thiazole rings is 1. The van der Waals surface area contributed by atoms with Crippen LogP contribution in [-0.2, 0) is 4.74 Å². The molecule has 2 aliphatic rings. The molecule has 3 heterocycles. The van der Waals surface area contributed by atoms with E-state index in [9.17, 15) is 0 Å². The van der Waals surface area contributed by atoms with Crippen molar-refractivity contribution in [3.63, 3.8) is 0 Å². The molecule has 0 amide bonds. The second-order valence-corrected chi connectivity index (χ2v) is 6.56. The summed E-state index contributed by atoms with van der Waals surface area (Å²) in [6.07, 6.45) is 4.28. The molecule has 2 atom stereocenters. The highest BCUT2D eigenvalue weighted by Crippen LogP contribution is 2.34. The van der Waals surface area contributed by atoms with Crippen LogP contribution in [0.25, 0.3) is 10.4 Å². The molecular formula is C16H16N4OS. The molecule has 2 fully saturated rings. The number of anilines is 1. The average molecular weight is 312 g/mol. The number of nitriles is 1. The summed E-state index contributed by atoms with van der Waals surface area (Å²) in [4.78, 5) is 9.88. The van der Waals surface area contributed by atoms with Gasteiger partial charge < -0.3 is 14.5 Å². The lowest BCUT2D eigenvalue weighted by atomic mass is 10.1. The van der Waals surface area contributed by atoms with E-state index in [1.807, 2.05) is 24.4 Å². The molecule has 2 saturated heterocycles. The van der Waals surface area contributed by atoms with Gasteiger partial charge >= 0.3 is 0 Å². The van der Waals surface area contributed by atoms with Crippen molar-refractivity contribution in [1.29, 1.82) is 5.26 Å². The van der Waals surface area contributed by atoms with Gasteiger partial charge in [0.1, 0.15) is 0 Å². The Hall–Kier alpha value is -2.10. The smallest absolute Gasteiger partial charge is 0.186 e. The molecule has 0 aliphatic carbocycles. The zero-order chi connectivity index (χ0) is 14.9. The fourth-order valence-corrected chi connectivity index (χ4v) is 4.15. The molecule has 6 heteroatoms. The minimum atomic E-state index is 0.109. The molecule has 0 unspecified atom stereocenters. The summed E-state index contributed by atoms with van der Waals surface area (Å²) in [5, 5.41) is 10.1. The van der Waals surface area contributed by atoms with Gasteiger partial charge in [-0.05, 0) is 5.56 Å². The van der Waals surface area contributed by atoms with Crippen LogP contribution in [0.1, 0.15) is 0 Å². The van der Waals surface area contributed by atoms with Crippen LogP contribution >= 0.6 is 11.3 Å². The van der Waals surface area contributed by atoms with Crippen molar-refractivity contribution in [2.75, 3.05) is 31.1 Å². The maximum atomic E-state index is 9.11. The molecule has 2 aliphatic heterocycles. The molecule has 1 aromatic carbocycles. The SMILES string of the molecule is N#CN1C[C@H]2OCCN(c3ncc(-c4ccccc4)s3)[C@H]2C1. The Morgan fingerprint density at radius 2 is 2.14 bits per heavy atom. The maximum Gasteiger partial charge on any atom is 0.186 e. The Labute approximate surface area is 133 Å². The standard InChI is InChI=1S/C16H16N4OS/c17-11-19-9-13-14(10-19)21-7-6-20(13)16-18-8-15(22-16)12-4-2-1-3-5-12/h1-5,8,13-14H,6-7,9-10H2/t13-,14+/m0/s1. The second-order valence-electron chi connectivity index (χ2n) is 5.55. The van der Waals surface area contributed by atoms with E-state index in [4.69, 9.17) is 10.00 Å². The normalized spacial score (nSPS) is 24.1. The molecule has 4 rings (SSSR count). The lowest BCUT2D eigenvalue weighted by Gasteiger charge is -2.36. The third-order valence-electron chi connectivity index (χ3n) is 4.24. The number of likely N-dealkylation sites (tertiary alicyclic amines) is 1. The van der Waals surface area contributed by atoms with Gasteiger partial charge in [0.25, 0.3) is 0 Å². The van der Waals surface area contributed by atoms with Crippen molar-refractivity contribution in [3.8, 4) is 16.6 Å².